The number of fused-ring (bicyclic) bond motifs is 4. The van der Waals surface area contributed by atoms with E-state index in [9.17, 15) is 9.59 Å². The summed E-state index contributed by atoms with van der Waals surface area (Å²) in [5, 5.41) is 0. The smallest absolute Gasteiger partial charge is 0.263 e. The van der Waals surface area contributed by atoms with Crippen molar-refractivity contribution < 1.29 is 9.59 Å². The molecule has 0 saturated carbocycles. The Morgan fingerprint density at radius 3 is 1.81 bits per heavy atom. The van der Waals surface area contributed by atoms with Crippen LogP contribution in [0.15, 0.2) is 12.1 Å². The molecular formula is C41H59NO2S3. The minimum atomic E-state index is -0.0726. The Hall–Kier alpha value is -1.76. The zero-order valence-corrected chi connectivity index (χ0v) is 32.8. The fourth-order valence-corrected chi connectivity index (χ4v) is 12.2. The second-order valence-corrected chi connectivity index (χ2v) is 18.1. The van der Waals surface area contributed by atoms with Gasteiger partial charge in [-0.25, -0.2) is 0 Å². The number of thiophene rings is 3. The number of hydrogen-bond donors (Lipinski definition) is 0. The molecule has 0 radical (unpaired) electrons. The van der Waals surface area contributed by atoms with Crippen LogP contribution >= 0.6 is 34.0 Å². The Balaban J connectivity index is 1.54. The van der Waals surface area contributed by atoms with Crippen LogP contribution in [0.3, 0.4) is 0 Å². The van der Waals surface area contributed by atoms with E-state index in [1.807, 2.05) is 29.6 Å². The van der Waals surface area contributed by atoms with Crippen LogP contribution < -0.4 is 0 Å². The number of nitrogens with zero attached hydrogens (tertiary/aromatic N) is 1. The van der Waals surface area contributed by atoms with Crippen molar-refractivity contribution in [3.8, 4) is 19.5 Å². The van der Waals surface area contributed by atoms with Crippen molar-refractivity contribution in [2.75, 3.05) is 6.54 Å². The van der Waals surface area contributed by atoms with Crippen LogP contribution in [-0.2, 0) is 5.41 Å². The van der Waals surface area contributed by atoms with Gasteiger partial charge in [0.2, 0.25) is 0 Å². The molecule has 3 nitrogen and oxygen atoms in total. The average molecular weight is 694 g/mol. The van der Waals surface area contributed by atoms with E-state index in [2.05, 4.69) is 53.7 Å². The molecule has 0 bridgehead atoms. The van der Waals surface area contributed by atoms with E-state index in [1.165, 1.54) is 115 Å². The fraction of sp³-hybridized carbons (Fsp3) is 0.659. The lowest BCUT2D eigenvalue weighted by atomic mass is 9.65. The van der Waals surface area contributed by atoms with Crippen molar-refractivity contribution in [1.29, 1.82) is 0 Å². The zero-order valence-electron chi connectivity index (χ0n) is 30.3. The number of amides is 2. The summed E-state index contributed by atoms with van der Waals surface area (Å²) < 4.78 is 0. The van der Waals surface area contributed by atoms with Crippen LogP contribution in [0, 0.1) is 25.7 Å². The van der Waals surface area contributed by atoms with E-state index in [-0.39, 0.29) is 17.2 Å². The minimum absolute atomic E-state index is 0.0200. The van der Waals surface area contributed by atoms with Gasteiger partial charge in [0.25, 0.3) is 11.8 Å². The summed E-state index contributed by atoms with van der Waals surface area (Å²) in [4.78, 5) is 36.7. The second kappa shape index (κ2) is 16.3. The van der Waals surface area contributed by atoms with Crippen molar-refractivity contribution >= 4 is 45.8 Å². The number of rotatable bonds is 20. The number of aryl methyl sites for hydroxylation is 2. The summed E-state index contributed by atoms with van der Waals surface area (Å²) in [6.07, 6.45) is 19.4. The summed E-state index contributed by atoms with van der Waals surface area (Å²) in [6.45, 7) is 16.5. The third-order valence-electron chi connectivity index (χ3n) is 11.1. The van der Waals surface area contributed by atoms with Gasteiger partial charge in [-0.1, -0.05) is 118 Å². The maximum absolute atomic E-state index is 14.0. The lowest BCUT2D eigenvalue weighted by Gasteiger charge is -2.37. The van der Waals surface area contributed by atoms with E-state index in [4.69, 9.17) is 0 Å². The Labute approximate surface area is 297 Å². The summed E-state index contributed by atoms with van der Waals surface area (Å²) >= 11 is 5.52. The number of unbranched alkanes of at least 4 members (excludes halogenated alkanes) is 7. The lowest BCUT2D eigenvalue weighted by molar-refractivity contribution is 0.0651. The maximum atomic E-state index is 14.0. The third-order valence-corrected chi connectivity index (χ3v) is 14.8. The Bertz CT molecular complexity index is 1510. The third kappa shape index (κ3) is 7.26. The Morgan fingerprint density at radius 2 is 1.19 bits per heavy atom. The van der Waals surface area contributed by atoms with Gasteiger partial charge >= 0.3 is 0 Å². The topological polar surface area (TPSA) is 37.4 Å². The molecule has 0 saturated heterocycles. The molecular weight excluding hydrogens is 635 g/mol. The largest absolute Gasteiger partial charge is 0.274 e. The molecule has 0 fully saturated rings. The van der Waals surface area contributed by atoms with Crippen LogP contribution in [0.4, 0.5) is 0 Å². The normalized spacial score (nSPS) is 18.2. The van der Waals surface area contributed by atoms with Gasteiger partial charge in [-0.05, 0) is 68.2 Å². The molecule has 6 heteroatoms. The van der Waals surface area contributed by atoms with Crippen molar-refractivity contribution in [2.45, 2.75) is 157 Å². The van der Waals surface area contributed by atoms with Crippen LogP contribution in [0.25, 0.3) is 19.5 Å². The second-order valence-electron chi connectivity index (χ2n) is 14.5. The Kier molecular flexibility index (Phi) is 12.7. The summed E-state index contributed by atoms with van der Waals surface area (Å²) in [7, 11) is 0. The molecule has 1 aliphatic heterocycles. The van der Waals surface area contributed by atoms with Gasteiger partial charge in [-0.15, -0.1) is 34.0 Å². The standard InChI is InChI=1S/C41H59NO2S3/c1-8-13-16-17-18-19-22-42-39(43)34-28(7)46-38(35(34)40(42)44)33-24-32-37(47-33)36-31(23-27(6)45-36)41(32,25-29(11-4)20-14-9-2)26-30(12-5)21-15-10-3/h23-24,29-30H,8-22,25-26H2,1-7H3. The highest BCUT2D eigenvalue weighted by Crippen LogP contribution is 2.62. The van der Waals surface area contributed by atoms with Crippen molar-refractivity contribution in [1.82, 2.24) is 4.90 Å². The quantitative estimate of drug-likeness (QED) is 0.0872. The molecule has 5 rings (SSSR count). The predicted molar refractivity (Wildman–Crippen MR) is 206 cm³/mol. The van der Waals surface area contributed by atoms with Gasteiger partial charge in [0.15, 0.2) is 0 Å². The van der Waals surface area contributed by atoms with E-state index >= 15 is 0 Å². The molecule has 3 aromatic heterocycles. The summed E-state index contributed by atoms with van der Waals surface area (Å²) in [5.41, 5.74) is 4.47. The van der Waals surface area contributed by atoms with Crippen LogP contribution in [0.2, 0.25) is 0 Å². The molecule has 1 aliphatic carbocycles. The van der Waals surface area contributed by atoms with Crippen molar-refractivity contribution in [2.24, 2.45) is 11.8 Å². The fourth-order valence-electron chi connectivity index (χ4n) is 8.40. The van der Waals surface area contributed by atoms with Gasteiger partial charge < -0.3 is 0 Å². The zero-order chi connectivity index (χ0) is 33.7. The summed E-state index contributed by atoms with van der Waals surface area (Å²) in [5.74, 6) is 1.26. The number of imide groups is 1. The van der Waals surface area contributed by atoms with E-state index in [1.54, 1.807) is 21.8 Å². The monoisotopic (exact) mass is 693 g/mol. The lowest BCUT2D eigenvalue weighted by Crippen LogP contribution is -2.31. The molecule has 0 spiro atoms. The highest BCUT2D eigenvalue weighted by molar-refractivity contribution is 7.27. The molecule has 2 atom stereocenters. The highest BCUT2D eigenvalue weighted by Gasteiger charge is 2.48. The van der Waals surface area contributed by atoms with Crippen LogP contribution in [0.5, 0.6) is 0 Å². The average Bonchev–Trinajstić information content (AvgIpc) is 3.85. The van der Waals surface area contributed by atoms with Gasteiger partial charge in [-0.2, -0.15) is 0 Å². The molecule has 2 amide bonds. The molecule has 4 heterocycles. The molecule has 3 aromatic rings. The first-order chi connectivity index (χ1) is 22.7. The van der Waals surface area contributed by atoms with E-state index < -0.39 is 0 Å². The van der Waals surface area contributed by atoms with Gasteiger partial charge in [-0.3, -0.25) is 14.5 Å². The molecule has 0 aromatic carbocycles. The van der Waals surface area contributed by atoms with Crippen molar-refractivity contribution in [3.63, 3.8) is 0 Å². The van der Waals surface area contributed by atoms with E-state index in [0.717, 1.165) is 22.6 Å². The number of carbonyl (C=O) groups is 2. The summed E-state index contributed by atoms with van der Waals surface area (Å²) in [6, 6.07) is 5.02. The van der Waals surface area contributed by atoms with Gasteiger partial charge in [0, 0.05) is 36.3 Å². The first-order valence-corrected chi connectivity index (χ1v) is 21.4. The first kappa shape index (κ1) is 36.5. The number of hydrogen-bond acceptors (Lipinski definition) is 5. The Morgan fingerprint density at radius 1 is 0.638 bits per heavy atom. The van der Waals surface area contributed by atoms with Crippen LogP contribution in [0.1, 0.15) is 179 Å². The molecule has 47 heavy (non-hydrogen) atoms. The molecule has 0 N–H and O–H groups in total. The molecule has 2 aliphatic rings. The predicted octanol–water partition coefficient (Wildman–Crippen LogP) is 13.6. The highest BCUT2D eigenvalue weighted by atomic mass is 32.1. The molecule has 2 unspecified atom stereocenters. The van der Waals surface area contributed by atoms with E-state index in [0.29, 0.717) is 29.5 Å². The van der Waals surface area contributed by atoms with Gasteiger partial charge in [0.1, 0.15) is 0 Å². The minimum Gasteiger partial charge on any atom is -0.274 e. The first-order valence-electron chi connectivity index (χ1n) is 19.0. The SMILES string of the molecule is CCCCCCCCN1C(=O)c2c(C)sc(-c3cc4c(s3)-c3sc(C)cc3C4(CC(CC)CCCC)CC(CC)CCCC)c2C1=O. The molecule has 258 valence electrons. The van der Waals surface area contributed by atoms with Gasteiger partial charge in [0.05, 0.1) is 16.0 Å². The maximum Gasteiger partial charge on any atom is 0.263 e. The number of carbonyl (C=O) groups excluding carboxylic acids is 2. The van der Waals surface area contributed by atoms with Crippen LogP contribution in [-0.4, -0.2) is 23.3 Å². The van der Waals surface area contributed by atoms with Crippen molar-refractivity contribution in [3.05, 3.63) is 44.1 Å².